The van der Waals surface area contributed by atoms with Crippen molar-refractivity contribution in [2.24, 2.45) is 0 Å². The molecule has 26 heavy (non-hydrogen) atoms. The van der Waals surface area contributed by atoms with Crippen LogP contribution in [0.4, 0.5) is 0 Å². The summed E-state index contributed by atoms with van der Waals surface area (Å²) in [7, 11) is -3.72. The van der Waals surface area contributed by atoms with E-state index in [2.05, 4.69) is 10.3 Å². The van der Waals surface area contributed by atoms with Crippen LogP contribution in [0.15, 0.2) is 47.6 Å². The van der Waals surface area contributed by atoms with Gasteiger partial charge >= 0.3 is 0 Å². The predicted octanol–water partition coefficient (Wildman–Crippen LogP) is 2.29. The molecule has 134 valence electrons. The first-order valence-electron chi connectivity index (χ1n) is 8.83. The second-order valence-corrected chi connectivity index (χ2v) is 8.56. The van der Waals surface area contributed by atoms with Gasteiger partial charge in [0.25, 0.3) is 10.0 Å². The number of hydrogen-bond donors (Lipinski definition) is 1. The standard InChI is InChI=1S/C19H19N3O3S/c23-26(24,18-5-1-4-17-14(18)7-10-25-17)22-12-15(13-6-9-20-11-13)19-16(22)3-2-8-21-19/h1-5,8,12-13,20H,6-7,9-11H2/t13-/m1/s1. The van der Waals surface area contributed by atoms with E-state index in [1.807, 2.05) is 12.1 Å². The van der Waals surface area contributed by atoms with Crippen molar-refractivity contribution in [2.45, 2.75) is 23.7 Å². The molecule has 2 aromatic heterocycles. The molecule has 5 rings (SSSR count). The zero-order valence-corrected chi connectivity index (χ0v) is 15.0. The lowest BCUT2D eigenvalue weighted by Gasteiger charge is -2.10. The summed E-state index contributed by atoms with van der Waals surface area (Å²) in [5.41, 5.74) is 3.17. The van der Waals surface area contributed by atoms with Gasteiger partial charge in [0.05, 0.1) is 22.5 Å². The average Bonchev–Trinajstić information content (AvgIpc) is 3.39. The lowest BCUT2D eigenvalue weighted by Crippen LogP contribution is -2.14. The van der Waals surface area contributed by atoms with Gasteiger partial charge in [0, 0.05) is 42.4 Å². The first kappa shape index (κ1) is 15.8. The van der Waals surface area contributed by atoms with Gasteiger partial charge in [-0.2, -0.15) is 0 Å². The Hall–Kier alpha value is -2.38. The van der Waals surface area contributed by atoms with Crippen LogP contribution in [0.1, 0.15) is 23.5 Å². The molecule has 6 nitrogen and oxygen atoms in total. The molecule has 1 saturated heterocycles. The fraction of sp³-hybridized carbons (Fsp3) is 0.316. The summed E-state index contributed by atoms with van der Waals surface area (Å²) < 4.78 is 33.9. The molecule has 0 amide bonds. The maximum absolute atomic E-state index is 13.5. The van der Waals surface area contributed by atoms with Crippen molar-refractivity contribution in [3.63, 3.8) is 0 Å². The maximum atomic E-state index is 13.5. The van der Waals surface area contributed by atoms with Crippen molar-refractivity contribution in [2.75, 3.05) is 19.7 Å². The summed E-state index contributed by atoms with van der Waals surface area (Å²) in [6, 6.07) is 8.84. The lowest BCUT2D eigenvalue weighted by molar-refractivity contribution is 0.357. The van der Waals surface area contributed by atoms with Crippen molar-refractivity contribution in [3.8, 4) is 5.75 Å². The minimum absolute atomic E-state index is 0.286. The molecule has 7 heteroatoms. The van der Waals surface area contributed by atoms with Crippen molar-refractivity contribution in [1.82, 2.24) is 14.3 Å². The Kier molecular flexibility index (Phi) is 3.55. The van der Waals surface area contributed by atoms with Crippen LogP contribution in [0.2, 0.25) is 0 Å². The normalized spacial score (nSPS) is 19.6. The fourth-order valence-electron chi connectivity index (χ4n) is 4.01. The zero-order valence-electron chi connectivity index (χ0n) is 14.2. The first-order chi connectivity index (χ1) is 12.7. The van der Waals surface area contributed by atoms with E-state index in [1.54, 1.807) is 30.6 Å². The Morgan fingerprint density at radius 1 is 1.23 bits per heavy atom. The van der Waals surface area contributed by atoms with Crippen LogP contribution < -0.4 is 10.1 Å². The molecule has 0 aliphatic carbocycles. The van der Waals surface area contributed by atoms with Crippen molar-refractivity contribution in [1.29, 1.82) is 0 Å². The van der Waals surface area contributed by atoms with E-state index in [-0.39, 0.29) is 5.92 Å². The molecule has 1 aromatic carbocycles. The quantitative estimate of drug-likeness (QED) is 0.767. The smallest absolute Gasteiger partial charge is 0.268 e. The summed E-state index contributed by atoms with van der Waals surface area (Å²) in [5.74, 6) is 0.953. The van der Waals surface area contributed by atoms with Crippen LogP contribution in [0.25, 0.3) is 11.0 Å². The Morgan fingerprint density at radius 3 is 3.00 bits per heavy atom. The van der Waals surface area contributed by atoms with Gasteiger partial charge in [-0.25, -0.2) is 12.4 Å². The van der Waals surface area contributed by atoms with E-state index in [1.165, 1.54) is 3.97 Å². The molecule has 2 aliphatic rings. The highest BCUT2D eigenvalue weighted by atomic mass is 32.2. The van der Waals surface area contributed by atoms with Gasteiger partial charge in [-0.3, -0.25) is 4.98 Å². The van der Waals surface area contributed by atoms with E-state index in [0.29, 0.717) is 29.2 Å². The molecule has 2 aliphatic heterocycles. The monoisotopic (exact) mass is 369 g/mol. The average molecular weight is 369 g/mol. The topological polar surface area (TPSA) is 73.2 Å². The lowest BCUT2D eigenvalue weighted by atomic mass is 10.0. The molecule has 0 bridgehead atoms. The molecule has 0 saturated carbocycles. The highest BCUT2D eigenvalue weighted by Crippen LogP contribution is 2.35. The first-order valence-corrected chi connectivity index (χ1v) is 10.3. The van der Waals surface area contributed by atoms with E-state index < -0.39 is 10.0 Å². The maximum Gasteiger partial charge on any atom is 0.268 e. The zero-order chi connectivity index (χ0) is 17.7. The Labute approximate surface area is 151 Å². The number of benzene rings is 1. The Morgan fingerprint density at radius 2 is 2.15 bits per heavy atom. The van der Waals surface area contributed by atoms with Crippen LogP contribution in [-0.4, -0.2) is 37.1 Å². The van der Waals surface area contributed by atoms with Crippen LogP contribution in [0.5, 0.6) is 5.75 Å². The van der Waals surface area contributed by atoms with E-state index in [9.17, 15) is 8.42 Å². The highest BCUT2D eigenvalue weighted by molar-refractivity contribution is 7.90. The van der Waals surface area contributed by atoms with Crippen LogP contribution in [0.3, 0.4) is 0 Å². The molecular weight excluding hydrogens is 350 g/mol. The van der Waals surface area contributed by atoms with Crippen LogP contribution in [0, 0.1) is 0 Å². The number of ether oxygens (including phenoxy) is 1. The molecule has 4 heterocycles. The van der Waals surface area contributed by atoms with Crippen LogP contribution >= 0.6 is 0 Å². The van der Waals surface area contributed by atoms with Gasteiger partial charge in [0.15, 0.2) is 0 Å². The summed E-state index contributed by atoms with van der Waals surface area (Å²) in [6.45, 7) is 2.32. The molecule has 0 spiro atoms. The SMILES string of the molecule is O=S(=O)(c1cccc2c1CCO2)n1cc([C@@H]2CCNC2)c2ncccc21. The number of rotatable bonds is 3. The summed E-state index contributed by atoms with van der Waals surface area (Å²) >= 11 is 0. The number of nitrogens with zero attached hydrogens (tertiary/aromatic N) is 2. The Bertz CT molecular complexity index is 1100. The Balaban J connectivity index is 1.73. The third-order valence-corrected chi connectivity index (χ3v) is 7.05. The second kappa shape index (κ2) is 5.82. The fourth-order valence-corrected chi connectivity index (χ4v) is 5.64. The van der Waals surface area contributed by atoms with Gasteiger partial charge in [-0.1, -0.05) is 6.07 Å². The minimum atomic E-state index is -3.72. The van der Waals surface area contributed by atoms with Gasteiger partial charge in [-0.05, 0) is 37.2 Å². The number of pyridine rings is 1. The second-order valence-electron chi connectivity index (χ2n) is 6.78. The van der Waals surface area contributed by atoms with E-state index in [0.717, 1.165) is 36.2 Å². The molecule has 0 unspecified atom stereocenters. The third kappa shape index (κ3) is 2.27. The number of hydrogen-bond acceptors (Lipinski definition) is 5. The molecule has 1 fully saturated rings. The third-order valence-electron chi connectivity index (χ3n) is 5.29. The number of nitrogens with one attached hydrogen (secondary N) is 1. The highest BCUT2D eigenvalue weighted by Gasteiger charge is 2.30. The molecule has 0 radical (unpaired) electrons. The van der Waals surface area contributed by atoms with E-state index >= 15 is 0 Å². The van der Waals surface area contributed by atoms with Crippen molar-refractivity contribution >= 4 is 21.1 Å². The molecular formula is C19H19N3O3S. The van der Waals surface area contributed by atoms with E-state index in [4.69, 9.17) is 4.74 Å². The number of aromatic nitrogens is 2. The summed E-state index contributed by atoms with van der Waals surface area (Å²) in [4.78, 5) is 4.81. The molecule has 3 aromatic rings. The van der Waals surface area contributed by atoms with Crippen molar-refractivity contribution < 1.29 is 13.2 Å². The minimum Gasteiger partial charge on any atom is -0.493 e. The number of fused-ring (bicyclic) bond motifs is 2. The molecule has 1 N–H and O–H groups in total. The predicted molar refractivity (Wildman–Crippen MR) is 98.2 cm³/mol. The van der Waals surface area contributed by atoms with Gasteiger partial charge < -0.3 is 10.1 Å². The summed E-state index contributed by atoms with van der Waals surface area (Å²) in [6.07, 6.45) is 5.09. The van der Waals surface area contributed by atoms with Gasteiger partial charge in [-0.15, -0.1) is 0 Å². The van der Waals surface area contributed by atoms with Gasteiger partial charge in [0.2, 0.25) is 0 Å². The van der Waals surface area contributed by atoms with Gasteiger partial charge in [0.1, 0.15) is 5.75 Å². The largest absolute Gasteiger partial charge is 0.493 e. The van der Waals surface area contributed by atoms with Crippen molar-refractivity contribution in [3.05, 3.63) is 53.9 Å². The molecule has 1 atom stereocenters. The summed E-state index contributed by atoms with van der Waals surface area (Å²) in [5, 5.41) is 3.35. The van der Waals surface area contributed by atoms with Crippen LogP contribution in [-0.2, 0) is 16.4 Å².